The van der Waals surface area contributed by atoms with Crippen LogP contribution in [0.15, 0.2) is 23.1 Å². The zero-order valence-electron chi connectivity index (χ0n) is 10.1. The van der Waals surface area contributed by atoms with Gasteiger partial charge in [0.05, 0.1) is 15.5 Å². The summed E-state index contributed by atoms with van der Waals surface area (Å²) < 4.78 is 26.3. The van der Waals surface area contributed by atoms with Crippen LogP contribution in [0, 0.1) is 12.3 Å². The van der Waals surface area contributed by atoms with Gasteiger partial charge in [0.15, 0.2) is 0 Å². The molecule has 0 saturated heterocycles. The summed E-state index contributed by atoms with van der Waals surface area (Å²) in [6.07, 6.45) is 5.33. The van der Waals surface area contributed by atoms with E-state index >= 15 is 0 Å². The number of benzene rings is 1. The van der Waals surface area contributed by atoms with E-state index in [1.165, 1.54) is 12.1 Å². The predicted molar refractivity (Wildman–Crippen MR) is 71.6 cm³/mol. The molecule has 1 aromatic carbocycles. The van der Waals surface area contributed by atoms with Crippen molar-refractivity contribution >= 4 is 27.6 Å². The summed E-state index contributed by atoms with van der Waals surface area (Å²) in [4.78, 5) is 10.7. The zero-order valence-corrected chi connectivity index (χ0v) is 11.6. The van der Waals surface area contributed by atoms with Crippen LogP contribution in [0.25, 0.3) is 0 Å². The largest absolute Gasteiger partial charge is 0.478 e. The highest BCUT2D eigenvalue weighted by atomic mass is 35.5. The van der Waals surface area contributed by atoms with Crippen molar-refractivity contribution in [2.45, 2.75) is 24.3 Å². The van der Waals surface area contributed by atoms with Gasteiger partial charge in [0.25, 0.3) is 0 Å². The number of carbonyl (C=O) groups is 1. The highest BCUT2D eigenvalue weighted by molar-refractivity contribution is 7.89. The Morgan fingerprint density at radius 3 is 2.74 bits per heavy atom. The third-order valence-corrected chi connectivity index (χ3v) is 4.18. The lowest BCUT2D eigenvalue weighted by Gasteiger charge is -2.12. The number of carboxylic acid groups (broad SMARTS) is 1. The van der Waals surface area contributed by atoms with Gasteiger partial charge in [0, 0.05) is 12.5 Å². The molecule has 1 aromatic rings. The number of hydrogen-bond donors (Lipinski definition) is 2. The molecule has 0 amide bonds. The van der Waals surface area contributed by atoms with Crippen molar-refractivity contribution in [3.63, 3.8) is 0 Å². The molecule has 0 saturated carbocycles. The molecule has 1 rings (SSSR count). The molecule has 7 heteroatoms. The van der Waals surface area contributed by atoms with Crippen molar-refractivity contribution < 1.29 is 18.3 Å². The molecule has 0 fully saturated rings. The Bertz CT molecular complexity index is 634. The van der Waals surface area contributed by atoms with Crippen LogP contribution in [-0.4, -0.2) is 25.5 Å². The molecule has 102 valence electrons. The van der Waals surface area contributed by atoms with Gasteiger partial charge >= 0.3 is 5.97 Å². The highest BCUT2D eigenvalue weighted by Gasteiger charge is 2.20. The summed E-state index contributed by atoms with van der Waals surface area (Å²) in [6, 6.07) is 3.03. The number of aromatic carboxylic acids is 1. The molecule has 1 atom stereocenters. The summed E-state index contributed by atoms with van der Waals surface area (Å²) in [6.45, 7) is 1.62. The van der Waals surface area contributed by atoms with Crippen LogP contribution in [0.3, 0.4) is 0 Å². The second kappa shape index (κ2) is 6.06. The first-order valence-corrected chi connectivity index (χ1v) is 7.12. The lowest BCUT2D eigenvalue weighted by Crippen LogP contribution is -2.32. The van der Waals surface area contributed by atoms with E-state index in [-0.39, 0.29) is 21.9 Å². The van der Waals surface area contributed by atoms with Gasteiger partial charge in [-0.2, -0.15) is 0 Å². The Kier molecular flexibility index (Phi) is 4.95. The SMILES string of the molecule is C#CCC(C)NS(=O)(=O)c1ccc(Cl)c(C(=O)O)c1. The number of nitrogens with one attached hydrogen (secondary N) is 1. The predicted octanol–water partition coefficient (Wildman–Crippen LogP) is 1.73. The van der Waals surface area contributed by atoms with Crippen molar-refractivity contribution in [1.29, 1.82) is 0 Å². The van der Waals surface area contributed by atoms with E-state index in [0.29, 0.717) is 0 Å². The normalized spacial score (nSPS) is 12.7. The molecular weight excluding hydrogens is 290 g/mol. The first-order valence-electron chi connectivity index (χ1n) is 5.26. The van der Waals surface area contributed by atoms with E-state index in [2.05, 4.69) is 10.6 Å². The summed E-state index contributed by atoms with van der Waals surface area (Å²) in [5, 5.41) is 8.87. The van der Waals surface area contributed by atoms with Crippen LogP contribution in [0.5, 0.6) is 0 Å². The van der Waals surface area contributed by atoms with Crippen molar-refractivity contribution in [2.75, 3.05) is 0 Å². The maximum Gasteiger partial charge on any atom is 0.337 e. The minimum absolute atomic E-state index is 0.0249. The number of rotatable bonds is 5. The van der Waals surface area contributed by atoms with Crippen LogP contribution in [0.4, 0.5) is 0 Å². The molecule has 0 aliphatic carbocycles. The molecular formula is C12H12ClNO4S. The summed E-state index contributed by atoms with van der Waals surface area (Å²) >= 11 is 5.67. The minimum atomic E-state index is -3.82. The third-order valence-electron chi connectivity index (χ3n) is 2.26. The molecule has 0 aliphatic heterocycles. The van der Waals surface area contributed by atoms with E-state index in [9.17, 15) is 13.2 Å². The Morgan fingerprint density at radius 1 is 1.58 bits per heavy atom. The van der Waals surface area contributed by atoms with Crippen LogP contribution in [-0.2, 0) is 10.0 Å². The van der Waals surface area contributed by atoms with Gasteiger partial charge in [0.2, 0.25) is 10.0 Å². The smallest absolute Gasteiger partial charge is 0.337 e. The Hall–Kier alpha value is -1.55. The van der Waals surface area contributed by atoms with Gasteiger partial charge in [-0.3, -0.25) is 0 Å². The highest BCUT2D eigenvalue weighted by Crippen LogP contribution is 2.20. The molecule has 0 aliphatic rings. The van der Waals surface area contributed by atoms with Crippen molar-refractivity contribution in [1.82, 2.24) is 4.72 Å². The quantitative estimate of drug-likeness (QED) is 0.811. The molecule has 1 unspecified atom stereocenters. The topological polar surface area (TPSA) is 83.5 Å². The molecule has 0 spiro atoms. The van der Waals surface area contributed by atoms with Crippen molar-refractivity contribution in [2.24, 2.45) is 0 Å². The van der Waals surface area contributed by atoms with Crippen molar-refractivity contribution in [3.8, 4) is 12.3 Å². The lowest BCUT2D eigenvalue weighted by atomic mass is 10.2. The Morgan fingerprint density at radius 2 is 2.21 bits per heavy atom. The molecule has 0 radical (unpaired) electrons. The average molecular weight is 302 g/mol. The second-order valence-corrected chi connectivity index (χ2v) is 6.00. The Balaban J connectivity index is 3.13. The van der Waals surface area contributed by atoms with E-state index in [1.807, 2.05) is 0 Å². The van der Waals surface area contributed by atoms with Crippen LogP contribution >= 0.6 is 11.6 Å². The fourth-order valence-corrected chi connectivity index (χ4v) is 2.85. The van der Waals surface area contributed by atoms with Crippen LogP contribution in [0.2, 0.25) is 5.02 Å². The molecule has 2 N–H and O–H groups in total. The van der Waals surface area contributed by atoms with Gasteiger partial charge in [0.1, 0.15) is 0 Å². The minimum Gasteiger partial charge on any atom is -0.478 e. The van der Waals surface area contributed by atoms with E-state index in [4.69, 9.17) is 23.1 Å². The first-order chi connectivity index (χ1) is 8.77. The average Bonchev–Trinajstić information content (AvgIpc) is 2.28. The summed E-state index contributed by atoms with van der Waals surface area (Å²) in [7, 11) is -3.82. The van der Waals surface area contributed by atoms with Crippen LogP contribution < -0.4 is 4.72 Å². The molecule has 0 heterocycles. The number of sulfonamides is 1. The van der Waals surface area contributed by atoms with Gasteiger partial charge < -0.3 is 5.11 Å². The molecule has 5 nitrogen and oxygen atoms in total. The standard InChI is InChI=1S/C12H12ClNO4S/c1-3-4-8(2)14-19(17,18)9-5-6-11(13)10(7-9)12(15)16/h1,5-8,14H,4H2,2H3,(H,15,16). The third kappa shape index (κ3) is 3.96. The monoisotopic (exact) mass is 301 g/mol. The lowest BCUT2D eigenvalue weighted by molar-refractivity contribution is 0.0697. The van der Waals surface area contributed by atoms with Crippen molar-refractivity contribution in [3.05, 3.63) is 28.8 Å². The summed E-state index contributed by atoms with van der Waals surface area (Å²) in [5.74, 6) is 1.05. The first kappa shape index (κ1) is 15.5. The number of hydrogen-bond acceptors (Lipinski definition) is 3. The fourth-order valence-electron chi connectivity index (χ4n) is 1.39. The fraction of sp³-hybridized carbons (Fsp3) is 0.250. The number of halogens is 1. The van der Waals surface area contributed by atoms with E-state index < -0.39 is 22.0 Å². The van der Waals surface area contributed by atoms with Gasteiger partial charge in [-0.25, -0.2) is 17.9 Å². The zero-order chi connectivity index (χ0) is 14.6. The number of carboxylic acids is 1. The molecule has 19 heavy (non-hydrogen) atoms. The van der Waals surface area contributed by atoms with E-state index in [0.717, 1.165) is 6.07 Å². The molecule has 0 bridgehead atoms. The Labute approximate surface area is 116 Å². The van der Waals surface area contributed by atoms with Gasteiger partial charge in [-0.05, 0) is 25.1 Å². The van der Waals surface area contributed by atoms with E-state index in [1.54, 1.807) is 6.92 Å². The maximum atomic E-state index is 12.0. The maximum absolute atomic E-state index is 12.0. The second-order valence-electron chi connectivity index (χ2n) is 3.88. The van der Waals surface area contributed by atoms with Gasteiger partial charge in [-0.15, -0.1) is 12.3 Å². The molecule has 0 aromatic heterocycles. The van der Waals surface area contributed by atoms with Gasteiger partial charge in [-0.1, -0.05) is 11.6 Å². The number of terminal acetylenes is 1. The summed E-state index contributed by atoms with van der Waals surface area (Å²) in [5.41, 5.74) is -0.269. The van der Waals surface area contributed by atoms with Crippen LogP contribution in [0.1, 0.15) is 23.7 Å².